The van der Waals surface area contributed by atoms with E-state index in [1.54, 1.807) is 35.5 Å². The van der Waals surface area contributed by atoms with E-state index in [4.69, 9.17) is 38.6 Å². The summed E-state index contributed by atoms with van der Waals surface area (Å²) in [5.74, 6) is 2.16. The number of hydrogen-bond donors (Lipinski definition) is 3. The summed E-state index contributed by atoms with van der Waals surface area (Å²) in [4.78, 5) is 60.2. The van der Waals surface area contributed by atoms with Crippen LogP contribution in [0.3, 0.4) is 0 Å². The van der Waals surface area contributed by atoms with Crippen LogP contribution in [0.15, 0.2) is 48.5 Å². The predicted molar refractivity (Wildman–Crippen MR) is 313 cm³/mol. The van der Waals surface area contributed by atoms with Crippen molar-refractivity contribution < 1.29 is 47.6 Å². The molecule has 6 heterocycles. The van der Waals surface area contributed by atoms with E-state index in [2.05, 4.69) is 25.8 Å². The van der Waals surface area contributed by atoms with E-state index in [-0.39, 0.29) is 59.6 Å². The molecule has 2 aliphatic carbocycles. The number of ether oxygens (including phenoxy) is 6. The number of benzene rings is 2. The summed E-state index contributed by atoms with van der Waals surface area (Å²) in [6.07, 6.45) is 17.9. The summed E-state index contributed by atoms with van der Waals surface area (Å²) in [5.41, 5.74) is 4.05. The molecule has 20 heteroatoms. The molecule has 82 heavy (non-hydrogen) atoms. The summed E-state index contributed by atoms with van der Waals surface area (Å²) in [7, 11) is 8.15. The molecule has 4 saturated heterocycles. The first-order valence-corrected chi connectivity index (χ1v) is 30.3. The molecule has 4 aromatic rings. The van der Waals surface area contributed by atoms with Crippen molar-refractivity contribution in [2.24, 2.45) is 5.41 Å². The molecule has 2 saturated carbocycles. The van der Waals surface area contributed by atoms with Crippen molar-refractivity contribution in [1.29, 1.82) is 0 Å². The third-order valence-electron chi connectivity index (χ3n) is 17.5. The molecule has 10 rings (SSSR count). The van der Waals surface area contributed by atoms with E-state index < -0.39 is 0 Å². The largest absolute Gasteiger partial charge is 0.496 e. The number of nitrogens with one attached hydrogen (secondary N) is 3. The Hall–Kier alpha value is -6.22. The van der Waals surface area contributed by atoms with Crippen LogP contribution in [0, 0.1) is 5.41 Å². The van der Waals surface area contributed by atoms with Crippen LogP contribution in [0.2, 0.25) is 0 Å². The van der Waals surface area contributed by atoms with Gasteiger partial charge in [-0.05, 0) is 127 Å². The van der Waals surface area contributed by atoms with Crippen molar-refractivity contribution in [1.82, 2.24) is 50.2 Å². The summed E-state index contributed by atoms with van der Waals surface area (Å²) in [6, 6.07) is 14.9. The highest BCUT2D eigenvalue weighted by atomic mass is 16.5. The molecule has 2 atom stereocenters. The summed E-state index contributed by atoms with van der Waals surface area (Å²) < 4.78 is 37.2. The minimum Gasteiger partial charge on any atom is -0.496 e. The summed E-state index contributed by atoms with van der Waals surface area (Å²) in [5, 5.41) is 18.9. The Kier molecular flexibility index (Phi) is 21.6. The maximum atomic E-state index is 13.8. The molecular weight excluding hydrogens is 1040 g/mol. The lowest BCUT2D eigenvalue weighted by Gasteiger charge is -2.55. The number of amides is 4. The van der Waals surface area contributed by atoms with Gasteiger partial charge in [0, 0.05) is 64.8 Å². The quantitative estimate of drug-likeness (QED) is 0.0544. The predicted octanol–water partition coefficient (Wildman–Crippen LogP) is 7.72. The Bertz CT molecular complexity index is 2680. The van der Waals surface area contributed by atoms with Crippen LogP contribution < -0.4 is 34.9 Å². The first-order valence-electron chi connectivity index (χ1n) is 30.3. The summed E-state index contributed by atoms with van der Waals surface area (Å²) >= 11 is 0. The van der Waals surface area contributed by atoms with E-state index in [1.807, 2.05) is 62.8 Å². The second-order valence-electron chi connectivity index (χ2n) is 23.4. The molecule has 2 aromatic carbocycles. The maximum Gasteiger partial charge on any atom is 0.272 e. The maximum absolute atomic E-state index is 13.8. The van der Waals surface area contributed by atoms with Gasteiger partial charge in [0.05, 0.1) is 88.3 Å². The number of hydrogen-bond acceptors (Lipinski definition) is 14. The first-order chi connectivity index (χ1) is 40.0. The molecule has 6 fully saturated rings. The van der Waals surface area contributed by atoms with Crippen molar-refractivity contribution in [2.45, 2.75) is 140 Å². The van der Waals surface area contributed by atoms with E-state index in [1.165, 1.54) is 38.5 Å². The van der Waals surface area contributed by atoms with E-state index in [0.29, 0.717) is 60.4 Å². The van der Waals surface area contributed by atoms with Crippen LogP contribution in [-0.2, 0) is 19.1 Å². The fourth-order valence-corrected chi connectivity index (χ4v) is 12.9. The molecule has 6 aliphatic rings. The van der Waals surface area contributed by atoms with Crippen LogP contribution in [0.1, 0.15) is 149 Å². The van der Waals surface area contributed by atoms with Gasteiger partial charge in [-0.25, -0.2) is 0 Å². The zero-order valence-electron chi connectivity index (χ0n) is 49.4. The standard InChI is InChI=1S/C32H45N5O5.C30H45N5O5/c1-40-27-11-8-12-28(41-2)30(27)26-18-25(34-37(26)24-9-4-5-10-24)31(39)33-23(13-16-35-14-6-3-7-15-35)17-29(38)36-19-32(20-36)21-42-22-32;1-38-19-15-31-28(36)20-22(14-18-34-16-7-4-8-17-34)32-30(37)24-21-25(35(33-24)23-10-5-6-11-23)29-26(39-2)12-9-13-27(29)40-3/h8,11-12,18,23-24H,3-7,9-10,13-17,19-22H2,1-2H3,(H,33,39);9,12-13,21-23H,4-8,10-11,14-20H2,1-3H3,(H,31,36)(H,32,37). The minimum atomic E-state index is -0.308. The third-order valence-corrected chi connectivity index (χ3v) is 17.5. The number of piperidine rings is 2. The molecule has 0 radical (unpaired) electrons. The lowest BCUT2D eigenvalue weighted by Crippen LogP contribution is -2.67. The van der Waals surface area contributed by atoms with Crippen molar-refractivity contribution in [2.75, 3.05) is 114 Å². The number of methoxy groups -OCH3 is 5. The number of carbonyl (C=O) groups is 4. The second-order valence-corrected chi connectivity index (χ2v) is 23.4. The summed E-state index contributed by atoms with van der Waals surface area (Å²) in [6.45, 7) is 9.91. The van der Waals surface area contributed by atoms with Gasteiger partial charge in [0.2, 0.25) is 11.8 Å². The molecule has 3 N–H and O–H groups in total. The molecule has 1 spiro atoms. The van der Waals surface area contributed by atoms with E-state index >= 15 is 0 Å². The Morgan fingerprint density at radius 3 is 1.41 bits per heavy atom. The van der Waals surface area contributed by atoms with Gasteiger partial charge in [-0.15, -0.1) is 0 Å². The van der Waals surface area contributed by atoms with E-state index in [0.717, 1.165) is 146 Å². The Labute approximate surface area is 484 Å². The van der Waals surface area contributed by atoms with E-state index in [9.17, 15) is 19.2 Å². The second kappa shape index (κ2) is 29.3. The zero-order chi connectivity index (χ0) is 57.4. The molecule has 2 unspecified atom stereocenters. The SMILES string of the molecule is COCCNC(=O)CC(CCN1CCCCC1)NC(=O)c1cc(-c2c(OC)cccc2OC)n(C2CCCC2)n1.COc1cccc(OC)c1-c1cc(C(=O)NC(CCN2CCCCC2)CC(=O)N2CC3(COC3)C2)nn1C1CCCC1. The van der Waals surface area contributed by atoms with Crippen molar-refractivity contribution in [3.05, 3.63) is 59.9 Å². The fraction of sp³-hybridized carbons (Fsp3) is 0.645. The molecule has 4 aliphatic heterocycles. The Balaban J connectivity index is 0.000000198. The van der Waals surface area contributed by atoms with Gasteiger partial charge in [0.15, 0.2) is 11.4 Å². The van der Waals surface area contributed by atoms with Gasteiger partial charge >= 0.3 is 0 Å². The van der Waals surface area contributed by atoms with Gasteiger partial charge in [-0.3, -0.25) is 28.5 Å². The topological polar surface area (TPSA) is 205 Å². The molecule has 0 bridgehead atoms. The third kappa shape index (κ3) is 15.1. The lowest BCUT2D eigenvalue weighted by molar-refractivity contribution is -0.195. The lowest BCUT2D eigenvalue weighted by atomic mass is 9.78. The van der Waals surface area contributed by atoms with Crippen molar-refractivity contribution in [3.8, 4) is 45.5 Å². The number of nitrogens with zero attached hydrogens (tertiary/aromatic N) is 7. The molecular formula is C62H90N10O10. The van der Waals surface area contributed by atoms with Crippen LogP contribution in [0.4, 0.5) is 0 Å². The van der Waals surface area contributed by atoms with Gasteiger partial charge < -0.3 is 59.1 Å². The fourth-order valence-electron chi connectivity index (χ4n) is 12.9. The number of rotatable bonds is 25. The molecule has 2 aromatic heterocycles. The molecule has 4 amide bonds. The monoisotopic (exact) mass is 1130 g/mol. The van der Waals surface area contributed by atoms with Crippen LogP contribution in [-0.4, -0.2) is 184 Å². The van der Waals surface area contributed by atoms with Gasteiger partial charge in [-0.1, -0.05) is 50.7 Å². The van der Waals surface area contributed by atoms with Gasteiger partial charge in [0.1, 0.15) is 23.0 Å². The Morgan fingerprint density at radius 2 is 1.02 bits per heavy atom. The van der Waals surface area contributed by atoms with Crippen LogP contribution in [0.5, 0.6) is 23.0 Å². The smallest absolute Gasteiger partial charge is 0.272 e. The zero-order valence-corrected chi connectivity index (χ0v) is 49.4. The van der Waals surface area contributed by atoms with Gasteiger partial charge in [0.25, 0.3) is 11.8 Å². The highest BCUT2D eigenvalue weighted by molar-refractivity contribution is 5.95. The number of likely N-dealkylation sites (tertiary alicyclic amines) is 3. The normalized spacial score (nSPS) is 19.1. The first kappa shape index (κ1) is 60.4. The molecule has 20 nitrogen and oxygen atoms in total. The average Bonchev–Trinajstić information content (AvgIpc) is 4.47. The minimum absolute atomic E-state index is 0.100. The van der Waals surface area contributed by atoms with Crippen molar-refractivity contribution in [3.63, 3.8) is 0 Å². The van der Waals surface area contributed by atoms with Gasteiger partial charge in [-0.2, -0.15) is 10.2 Å². The Morgan fingerprint density at radius 1 is 0.598 bits per heavy atom. The van der Waals surface area contributed by atoms with Crippen LogP contribution in [0.25, 0.3) is 22.5 Å². The highest BCUT2D eigenvalue weighted by Crippen LogP contribution is 2.44. The highest BCUT2D eigenvalue weighted by Gasteiger charge is 2.50. The molecule has 448 valence electrons. The average molecular weight is 1140 g/mol. The number of carbonyl (C=O) groups excluding carboxylic acids is 4. The van der Waals surface area contributed by atoms with Crippen molar-refractivity contribution >= 4 is 23.6 Å². The van der Waals surface area contributed by atoms with Crippen LogP contribution >= 0.6 is 0 Å². The number of aromatic nitrogens is 4.